The highest BCUT2D eigenvalue weighted by Crippen LogP contribution is 2.52. The van der Waals surface area contributed by atoms with E-state index in [2.05, 4.69) is 13.5 Å². The summed E-state index contributed by atoms with van der Waals surface area (Å²) in [6, 6.07) is 0. The zero-order valence-corrected chi connectivity index (χ0v) is 10.00. The van der Waals surface area contributed by atoms with Crippen LogP contribution in [0, 0.1) is 0 Å². The molecule has 0 bridgehead atoms. The molecule has 2 nitrogen and oxygen atoms in total. The molecular weight excluding hydrogens is 198 g/mol. The zero-order chi connectivity index (χ0) is 12.2. The summed E-state index contributed by atoms with van der Waals surface area (Å²) < 4.78 is 4.88. The van der Waals surface area contributed by atoms with Crippen molar-refractivity contribution in [2.75, 3.05) is 0 Å². The average molecular weight is 216 g/mol. The fourth-order valence-electron chi connectivity index (χ4n) is 1.98. The van der Waals surface area contributed by atoms with Gasteiger partial charge in [-0.1, -0.05) is 45.6 Å². The second-order valence-corrected chi connectivity index (χ2v) is 4.53. The third-order valence-electron chi connectivity index (χ3n) is 3.25. The Kier molecular flexibility index (Phi) is 4.69. The Morgan fingerprint density at radius 3 is 2.50 bits per heavy atom. The average Bonchev–Trinajstić information content (AvgIpc) is 2.43. The van der Waals surface area contributed by atoms with Crippen LogP contribution < -0.4 is 0 Å². The maximum Gasteiger partial charge on any atom is 0.305 e. The van der Waals surface area contributed by atoms with E-state index in [0.29, 0.717) is 12.2 Å². The molecule has 0 aliphatic carbocycles. The van der Waals surface area contributed by atoms with Gasteiger partial charge in [0.05, 0.1) is 21.5 Å². The van der Waals surface area contributed by atoms with Crippen LogP contribution in [0.1, 0.15) is 45.4 Å². The minimum absolute atomic E-state index is 0.320. The number of hydrogen-bond donors (Lipinski definition) is 0. The molecule has 1 fully saturated rings. The molecule has 1 aliphatic heterocycles. The van der Waals surface area contributed by atoms with Crippen LogP contribution >= 0.6 is 0 Å². The molecule has 0 spiro atoms. The summed E-state index contributed by atoms with van der Waals surface area (Å²) in [6.07, 6.45) is 6.38. The van der Waals surface area contributed by atoms with Gasteiger partial charge in [0.15, 0.2) is 0 Å². The molecule has 0 saturated carbocycles. The normalized spacial score (nSPS) is 29.4. The summed E-state index contributed by atoms with van der Waals surface area (Å²) in [5.41, 5.74) is 0. The predicted molar refractivity (Wildman–Crippen MR) is 66.6 cm³/mol. The Morgan fingerprint density at radius 2 is 2.00 bits per heavy atom. The van der Waals surface area contributed by atoms with Crippen molar-refractivity contribution in [3.05, 3.63) is 12.3 Å². The number of cyclic esters (lactones) is 1. The molecule has 84 valence electrons. The van der Waals surface area contributed by atoms with Crippen molar-refractivity contribution >= 4 is 21.7 Å². The second-order valence-electron chi connectivity index (χ2n) is 4.53. The van der Waals surface area contributed by atoms with Gasteiger partial charge in [-0.3, -0.25) is 4.79 Å². The van der Waals surface area contributed by atoms with Crippen molar-refractivity contribution in [1.29, 1.82) is 0 Å². The van der Waals surface area contributed by atoms with E-state index >= 15 is 0 Å². The number of hydrogen-bond acceptors (Lipinski definition) is 2. The van der Waals surface area contributed by atoms with Crippen molar-refractivity contribution < 1.29 is 9.53 Å². The molecule has 1 aliphatic rings. The van der Waals surface area contributed by atoms with Crippen molar-refractivity contribution in [3.63, 3.8) is 0 Å². The van der Waals surface area contributed by atoms with Crippen LogP contribution in [0.5, 0.6) is 0 Å². The van der Waals surface area contributed by atoms with Gasteiger partial charge in [-0.15, -0.1) is 0 Å². The Bertz CT molecular complexity index is 278. The van der Waals surface area contributed by atoms with Crippen LogP contribution in [0.3, 0.4) is 0 Å². The lowest BCUT2D eigenvalue weighted by Gasteiger charge is -2.26. The molecule has 2 atom stereocenters. The SMILES string of the molecule is [B]C1C(=O)OC(=C)C1([B])CCCCCCC. The lowest BCUT2D eigenvalue weighted by atomic mass is 9.52. The number of ether oxygens (including phenoxy) is 1. The molecule has 0 aromatic rings. The molecule has 16 heavy (non-hydrogen) atoms. The van der Waals surface area contributed by atoms with Crippen LogP contribution in [-0.4, -0.2) is 21.7 Å². The van der Waals surface area contributed by atoms with Gasteiger partial charge in [0.25, 0.3) is 0 Å². The summed E-state index contributed by atoms with van der Waals surface area (Å²) >= 11 is 0. The maximum absolute atomic E-state index is 11.2. The highest BCUT2D eigenvalue weighted by molar-refractivity contribution is 6.34. The van der Waals surface area contributed by atoms with Crippen molar-refractivity contribution in [1.82, 2.24) is 0 Å². The Balaban J connectivity index is 2.39. The molecule has 4 radical (unpaired) electrons. The molecule has 0 aromatic carbocycles. The van der Waals surface area contributed by atoms with Gasteiger partial charge in [-0.25, -0.2) is 0 Å². The minimum atomic E-state index is -0.858. The first kappa shape index (κ1) is 13.4. The van der Waals surface area contributed by atoms with Gasteiger partial charge in [0, 0.05) is 5.82 Å². The third kappa shape index (κ3) is 2.72. The highest BCUT2D eigenvalue weighted by atomic mass is 16.5. The van der Waals surface area contributed by atoms with E-state index in [1.54, 1.807) is 0 Å². The molecular formula is C12H18B2O2. The standard InChI is InChI=1S/C12H18B2O2/c1-3-4-5-6-7-8-12(14)9(2)16-11(15)10(12)13/h10H,2-8H2,1H3. The number of unbranched alkanes of at least 4 members (excludes halogenated alkanes) is 4. The highest BCUT2D eigenvalue weighted by Gasteiger charge is 2.45. The van der Waals surface area contributed by atoms with Crippen molar-refractivity contribution in [2.24, 2.45) is 0 Å². The van der Waals surface area contributed by atoms with E-state index < -0.39 is 17.1 Å². The molecule has 0 amide bonds. The number of carbonyl (C=O) groups is 1. The second kappa shape index (κ2) is 5.60. The fraction of sp³-hybridized carbons (Fsp3) is 0.750. The smallest absolute Gasteiger partial charge is 0.305 e. The monoisotopic (exact) mass is 216 g/mol. The van der Waals surface area contributed by atoms with Gasteiger partial charge in [0.1, 0.15) is 0 Å². The van der Waals surface area contributed by atoms with E-state index in [1.165, 1.54) is 19.3 Å². The Labute approximate surface area is 101 Å². The van der Waals surface area contributed by atoms with Gasteiger partial charge < -0.3 is 4.74 Å². The molecule has 1 rings (SSSR count). The van der Waals surface area contributed by atoms with Gasteiger partial charge in [-0.2, -0.15) is 0 Å². The molecule has 4 heteroatoms. The summed E-state index contributed by atoms with van der Waals surface area (Å²) in [5, 5.41) is -0.858. The summed E-state index contributed by atoms with van der Waals surface area (Å²) in [7, 11) is 11.8. The molecule has 0 N–H and O–H groups in total. The molecule has 0 aromatic heterocycles. The minimum Gasteiger partial charge on any atom is -0.432 e. The first-order chi connectivity index (χ1) is 7.52. The number of carbonyl (C=O) groups excluding carboxylic acids is 1. The van der Waals surface area contributed by atoms with E-state index in [-0.39, 0.29) is 0 Å². The van der Waals surface area contributed by atoms with E-state index in [9.17, 15) is 4.79 Å². The zero-order valence-electron chi connectivity index (χ0n) is 10.00. The summed E-state index contributed by atoms with van der Waals surface area (Å²) in [6.45, 7) is 5.85. The van der Waals surface area contributed by atoms with E-state index in [1.807, 2.05) is 0 Å². The predicted octanol–water partition coefficient (Wildman–Crippen LogP) is 2.70. The van der Waals surface area contributed by atoms with E-state index in [0.717, 1.165) is 12.8 Å². The third-order valence-corrected chi connectivity index (χ3v) is 3.25. The number of allylic oxidation sites excluding steroid dienone is 1. The van der Waals surface area contributed by atoms with Crippen LogP contribution in [0.15, 0.2) is 12.3 Å². The maximum atomic E-state index is 11.2. The lowest BCUT2D eigenvalue weighted by Crippen LogP contribution is -2.18. The number of rotatable bonds is 6. The summed E-state index contributed by atoms with van der Waals surface area (Å²) in [4.78, 5) is 11.2. The molecule has 1 saturated heterocycles. The van der Waals surface area contributed by atoms with Crippen LogP contribution in [0.2, 0.25) is 11.1 Å². The van der Waals surface area contributed by atoms with Crippen LogP contribution in [0.4, 0.5) is 0 Å². The quantitative estimate of drug-likeness (QED) is 0.387. The van der Waals surface area contributed by atoms with Crippen molar-refractivity contribution in [2.45, 2.75) is 56.6 Å². The first-order valence-electron chi connectivity index (χ1n) is 5.98. The van der Waals surface area contributed by atoms with Crippen LogP contribution in [0.25, 0.3) is 0 Å². The Hall–Kier alpha value is -0.660. The molecule has 2 unspecified atom stereocenters. The lowest BCUT2D eigenvalue weighted by molar-refractivity contribution is -0.135. The fourth-order valence-corrected chi connectivity index (χ4v) is 1.98. The Morgan fingerprint density at radius 1 is 1.38 bits per heavy atom. The van der Waals surface area contributed by atoms with Crippen LogP contribution in [-0.2, 0) is 9.53 Å². The van der Waals surface area contributed by atoms with Crippen molar-refractivity contribution in [3.8, 4) is 0 Å². The van der Waals surface area contributed by atoms with E-state index in [4.69, 9.17) is 20.4 Å². The van der Waals surface area contributed by atoms with Gasteiger partial charge in [0.2, 0.25) is 0 Å². The van der Waals surface area contributed by atoms with Gasteiger partial charge >= 0.3 is 5.97 Å². The number of esters is 1. The topological polar surface area (TPSA) is 26.3 Å². The van der Waals surface area contributed by atoms with Gasteiger partial charge in [-0.05, 0) is 11.7 Å². The first-order valence-corrected chi connectivity index (χ1v) is 5.98. The largest absolute Gasteiger partial charge is 0.432 e. The summed E-state index contributed by atoms with van der Waals surface area (Å²) in [5.74, 6) is -0.896. The molecule has 1 heterocycles.